The summed E-state index contributed by atoms with van der Waals surface area (Å²) in [5, 5.41) is 18.4. The van der Waals surface area contributed by atoms with Crippen molar-refractivity contribution in [1.29, 1.82) is 0 Å². The first kappa shape index (κ1) is 24.8. The van der Waals surface area contributed by atoms with Crippen molar-refractivity contribution in [2.45, 2.75) is 0 Å². The van der Waals surface area contributed by atoms with Gasteiger partial charge in [-0.1, -0.05) is 23.7 Å². The van der Waals surface area contributed by atoms with Gasteiger partial charge in [0.25, 0.3) is 0 Å². The largest absolute Gasteiger partial charge is 0.481 e. The molecule has 6 aromatic rings. The van der Waals surface area contributed by atoms with E-state index in [2.05, 4.69) is 40.9 Å². The third-order valence-electron chi connectivity index (χ3n) is 5.65. The van der Waals surface area contributed by atoms with Gasteiger partial charge in [-0.3, -0.25) is 0 Å². The molecule has 0 spiro atoms. The second-order valence-electron chi connectivity index (χ2n) is 8.24. The van der Waals surface area contributed by atoms with Gasteiger partial charge in [-0.2, -0.15) is 20.3 Å². The number of nitrogens with one attached hydrogen (secondary N) is 2. The number of halogens is 1. The summed E-state index contributed by atoms with van der Waals surface area (Å²) in [7, 11) is 1.57. The Hall–Kier alpha value is -5.56. The van der Waals surface area contributed by atoms with E-state index in [0.717, 1.165) is 11.1 Å². The van der Waals surface area contributed by atoms with Crippen molar-refractivity contribution in [3.8, 4) is 34.5 Å². The van der Waals surface area contributed by atoms with Crippen LogP contribution < -0.4 is 20.1 Å². The molecular weight excluding hydrogens is 536 g/mol. The Labute approximate surface area is 231 Å². The van der Waals surface area contributed by atoms with Gasteiger partial charge in [0.1, 0.15) is 11.4 Å². The van der Waals surface area contributed by atoms with Crippen molar-refractivity contribution < 1.29 is 14.3 Å². The lowest BCUT2D eigenvalue weighted by Crippen LogP contribution is -2.21. The molecule has 40 heavy (non-hydrogen) atoms. The normalized spacial score (nSPS) is 10.8. The lowest BCUT2D eigenvalue weighted by atomic mass is 10.1. The predicted octanol–water partition coefficient (Wildman–Crippen LogP) is 4.87. The summed E-state index contributed by atoms with van der Waals surface area (Å²) in [6.07, 6.45) is 9.46. The van der Waals surface area contributed by atoms with E-state index in [9.17, 15) is 4.79 Å². The van der Waals surface area contributed by atoms with Gasteiger partial charge in [0.2, 0.25) is 5.88 Å². The molecule has 2 N–H and O–H groups in total. The Morgan fingerprint density at radius 1 is 0.925 bits per heavy atom. The van der Waals surface area contributed by atoms with E-state index in [4.69, 9.17) is 21.1 Å². The van der Waals surface area contributed by atoms with Crippen LogP contribution in [0.4, 0.5) is 16.2 Å². The lowest BCUT2D eigenvalue weighted by molar-refractivity contribution is 0.262. The minimum atomic E-state index is -0.525. The van der Waals surface area contributed by atoms with Crippen LogP contribution in [0.25, 0.3) is 22.5 Å². The highest BCUT2D eigenvalue weighted by Crippen LogP contribution is 2.28. The zero-order valence-corrected chi connectivity index (χ0v) is 21.5. The number of anilines is 2. The van der Waals surface area contributed by atoms with Crippen LogP contribution >= 0.6 is 11.6 Å². The Morgan fingerprint density at radius 3 is 2.45 bits per heavy atom. The van der Waals surface area contributed by atoms with Crippen LogP contribution in [-0.4, -0.2) is 52.7 Å². The first-order valence-corrected chi connectivity index (χ1v) is 12.2. The number of methoxy groups -OCH3 is 1. The Morgan fingerprint density at radius 2 is 1.70 bits per heavy atom. The monoisotopic (exact) mass is 554 g/mol. The minimum absolute atomic E-state index is 0.114. The summed E-state index contributed by atoms with van der Waals surface area (Å²) in [6.45, 7) is 0. The fraction of sp³-hybridized carbons (Fsp3) is 0.0385. The molecule has 0 fully saturated rings. The van der Waals surface area contributed by atoms with E-state index < -0.39 is 6.03 Å². The van der Waals surface area contributed by atoms with Gasteiger partial charge >= 0.3 is 12.0 Å². The molecule has 4 aromatic heterocycles. The molecule has 0 saturated heterocycles. The van der Waals surface area contributed by atoms with Crippen molar-refractivity contribution in [2.24, 2.45) is 0 Å². The van der Waals surface area contributed by atoms with Crippen LogP contribution in [0.1, 0.15) is 0 Å². The number of aromatic nitrogens is 8. The highest BCUT2D eigenvalue weighted by Gasteiger charge is 2.13. The number of amides is 2. The molecule has 6 rings (SSSR count). The molecule has 0 aliphatic rings. The summed E-state index contributed by atoms with van der Waals surface area (Å²) in [6, 6.07) is 13.7. The number of ether oxygens (including phenoxy) is 2. The first-order chi connectivity index (χ1) is 19.6. The number of benzene rings is 2. The molecule has 4 heterocycles. The number of nitrogens with zero attached hydrogens (tertiary/aromatic N) is 8. The first-order valence-electron chi connectivity index (χ1n) is 11.8. The van der Waals surface area contributed by atoms with Gasteiger partial charge < -0.3 is 20.1 Å². The maximum atomic E-state index is 12.6. The number of carbonyl (C=O) groups excluding carboxylic acids is 1. The second-order valence-corrected chi connectivity index (χ2v) is 8.67. The Kier molecular flexibility index (Phi) is 6.60. The summed E-state index contributed by atoms with van der Waals surface area (Å²) in [5.74, 6) is 1.03. The van der Waals surface area contributed by atoms with Crippen LogP contribution in [0.15, 0.2) is 85.7 Å². The van der Waals surface area contributed by atoms with Crippen molar-refractivity contribution in [3.05, 3.63) is 90.7 Å². The van der Waals surface area contributed by atoms with Crippen molar-refractivity contribution in [2.75, 3.05) is 17.7 Å². The van der Waals surface area contributed by atoms with E-state index in [1.54, 1.807) is 60.4 Å². The summed E-state index contributed by atoms with van der Waals surface area (Å²) in [4.78, 5) is 26.8. The number of fused-ring (bicyclic) bond motifs is 1. The number of hydrogen-bond donors (Lipinski definition) is 2. The van der Waals surface area contributed by atoms with Crippen molar-refractivity contribution >= 4 is 34.7 Å². The third kappa shape index (κ3) is 5.21. The van der Waals surface area contributed by atoms with Crippen molar-refractivity contribution in [1.82, 2.24) is 39.6 Å². The van der Waals surface area contributed by atoms with E-state index in [-0.39, 0.29) is 6.01 Å². The summed E-state index contributed by atoms with van der Waals surface area (Å²) < 4.78 is 12.7. The molecule has 0 bridgehead atoms. The SMILES string of the molecule is COc1ccn2ncc(-c3ccc(Oc4ncc(NC(=O)Nc5cc(Cl)ccc5-n5nccn5)cn4)cc3)c2n1. The molecule has 0 aliphatic heterocycles. The fourth-order valence-corrected chi connectivity index (χ4v) is 3.99. The number of urea groups is 1. The van der Waals surface area contributed by atoms with E-state index in [0.29, 0.717) is 39.4 Å². The van der Waals surface area contributed by atoms with E-state index in [1.165, 1.54) is 29.6 Å². The zero-order chi connectivity index (χ0) is 27.5. The quantitative estimate of drug-likeness (QED) is 0.282. The number of rotatable bonds is 7. The predicted molar refractivity (Wildman–Crippen MR) is 146 cm³/mol. The van der Waals surface area contributed by atoms with E-state index in [1.807, 2.05) is 12.1 Å². The smallest absolute Gasteiger partial charge is 0.323 e. The maximum absolute atomic E-state index is 12.6. The average Bonchev–Trinajstić information content (AvgIpc) is 3.65. The molecule has 0 atom stereocenters. The molecule has 198 valence electrons. The summed E-state index contributed by atoms with van der Waals surface area (Å²) >= 11 is 6.11. The van der Waals surface area contributed by atoms with Gasteiger partial charge in [0.15, 0.2) is 5.65 Å². The Balaban J connectivity index is 1.10. The van der Waals surface area contributed by atoms with Gasteiger partial charge in [0, 0.05) is 22.8 Å². The average molecular weight is 555 g/mol. The van der Waals surface area contributed by atoms with Crippen LogP contribution in [0.3, 0.4) is 0 Å². The van der Waals surface area contributed by atoms with Crippen LogP contribution in [0.2, 0.25) is 5.02 Å². The van der Waals surface area contributed by atoms with Crippen LogP contribution in [0.5, 0.6) is 17.6 Å². The molecule has 0 aliphatic carbocycles. The molecule has 2 aromatic carbocycles. The second kappa shape index (κ2) is 10.7. The standard InChI is InChI=1S/C26H19ClN10O3/c1-39-23-8-11-36-24(35-23)20(15-32-36)16-2-5-19(6-3-16)40-26-28-13-18(14-29-26)33-25(38)34-21-12-17(27)4-7-22(21)37-30-9-10-31-37/h2-15H,1H3,(H2,33,34,38). The van der Waals surface area contributed by atoms with Gasteiger partial charge in [-0.15, -0.1) is 4.80 Å². The maximum Gasteiger partial charge on any atom is 0.323 e. The topological polar surface area (TPSA) is 146 Å². The molecule has 0 radical (unpaired) electrons. The molecule has 0 unspecified atom stereocenters. The molecule has 13 nitrogen and oxygen atoms in total. The summed E-state index contributed by atoms with van der Waals surface area (Å²) in [5.41, 5.74) is 3.75. The zero-order valence-electron chi connectivity index (χ0n) is 20.8. The highest BCUT2D eigenvalue weighted by atomic mass is 35.5. The third-order valence-corrected chi connectivity index (χ3v) is 5.89. The molecule has 2 amide bonds. The minimum Gasteiger partial charge on any atom is -0.481 e. The molecule has 0 saturated carbocycles. The van der Waals surface area contributed by atoms with Crippen LogP contribution in [0, 0.1) is 0 Å². The van der Waals surface area contributed by atoms with E-state index >= 15 is 0 Å². The number of hydrogen-bond acceptors (Lipinski definition) is 9. The lowest BCUT2D eigenvalue weighted by Gasteiger charge is -2.12. The van der Waals surface area contributed by atoms with Gasteiger partial charge in [0.05, 0.1) is 49.5 Å². The molecule has 14 heteroatoms. The Bertz CT molecular complexity index is 1790. The van der Waals surface area contributed by atoms with Gasteiger partial charge in [-0.25, -0.2) is 19.3 Å². The fourth-order valence-electron chi connectivity index (χ4n) is 3.82. The highest BCUT2D eigenvalue weighted by molar-refractivity contribution is 6.31. The van der Waals surface area contributed by atoms with Crippen LogP contribution in [-0.2, 0) is 0 Å². The number of carbonyl (C=O) groups is 1. The molecular formula is C26H19ClN10O3. The van der Waals surface area contributed by atoms with Gasteiger partial charge in [-0.05, 0) is 35.9 Å². The van der Waals surface area contributed by atoms with Crippen molar-refractivity contribution in [3.63, 3.8) is 0 Å².